The number of nitrogens with one attached hydrogen (secondary N) is 1. The average Bonchev–Trinajstić information content (AvgIpc) is 2.92. The summed E-state index contributed by atoms with van der Waals surface area (Å²) in [4.78, 5) is 24.5. The lowest BCUT2D eigenvalue weighted by Gasteiger charge is -2.32. The van der Waals surface area contributed by atoms with Crippen molar-refractivity contribution in [2.75, 3.05) is 13.1 Å². The van der Waals surface area contributed by atoms with Gasteiger partial charge in [0.2, 0.25) is 5.91 Å². The Bertz CT molecular complexity index is 673. The number of carboxylic acids is 1. The van der Waals surface area contributed by atoms with Gasteiger partial charge in [-0.05, 0) is 31.4 Å². The average molecular weight is 367 g/mol. The SMILES string of the molecule is O=C(O)C1CCCCN1C(=O)CNS(=O)(=O)c1ccc(Cl)s1. The maximum atomic E-state index is 12.1. The smallest absolute Gasteiger partial charge is 0.326 e. The van der Waals surface area contributed by atoms with Gasteiger partial charge in [0, 0.05) is 6.54 Å². The van der Waals surface area contributed by atoms with Crippen molar-refractivity contribution in [3.05, 3.63) is 16.5 Å². The number of rotatable bonds is 5. The van der Waals surface area contributed by atoms with Crippen LogP contribution in [-0.4, -0.2) is 49.4 Å². The zero-order valence-electron chi connectivity index (χ0n) is 11.5. The van der Waals surface area contributed by atoms with Gasteiger partial charge in [-0.15, -0.1) is 11.3 Å². The fourth-order valence-electron chi connectivity index (χ4n) is 2.26. The molecule has 2 N–H and O–H groups in total. The van der Waals surface area contributed by atoms with E-state index in [1.807, 2.05) is 0 Å². The largest absolute Gasteiger partial charge is 0.480 e. The van der Waals surface area contributed by atoms with Crippen LogP contribution in [0.1, 0.15) is 19.3 Å². The second-order valence-corrected chi connectivity index (χ2v) is 8.53. The van der Waals surface area contributed by atoms with Crippen LogP contribution in [0.2, 0.25) is 4.34 Å². The van der Waals surface area contributed by atoms with Gasteiger partial charge in [-0.3, -0.25) is 4.79 Å². The van der Waals surface area contributed by atoms with Crippen LogP contribution in [0.5, 0.6) is 0 Å². The molecule has 1 aromatic rings. The predicted molar refractivity (Wildman–Crippen MR) is 81.5 cm³/mol. The first-order chi connectivity index (χ1) is 10.3. The second-order valence-electron chi connectivity index (χ2n) is 4.82. The minimum Gasteiger partial charge on any atom is -0.480 e. The molecule has 1 saturated heterocycles. The van der Waals surface area contributed by atoms with Crippen LogP contribution in [0.4, 0.5) is 0 Å². The number of thiophene rings is 1. The molecule has 1 fully saturated rings. The van der Waals surface area contributed by atoms with Crippen molar-refractivity contribution in [1.29, 1.82) is 0 Å². The minimum absolute atomic E-state index is 0.0127. The molecule has 2 heterocycles. The summed E-state index contributed by atoms with van der Waals surface area (Å²) in [5.41, 5.74) is 0. The van der Waals surface area contributed by atoms with E-state index in [0.29, 0.717) is 23.7 Å². The summed E-state index contributed by atoms with van der Waals surface area (Å²) in [5.74, 6) is -1.61. The van der Waals surface area contributed by atoms with Gasteiger partial charge < -0.3 is 10.0 Å². The number of piperidine rings is 1. The molecule has 1 aliphatic rings. The number of hydrogen-bond acceptors (Lipinski definition) is 5. The van der Waals surface area contributed by atoms with Gasteiger partial charge in [0.25, 0.3) is 10.0 Å². The number of amides is 1. The Morgan fingerprint density at radius 1 is 1.41 bits per heavy atom. The zero-order valence-corrected chi connectivity index (χ0v) is 13.9. The lowest BCUT2D eigenvalue weighted by molar-refractivity contribution is -0.151. The quantitative estimate of drug-likeness (QED) is 0.813. The summed E-state index contributed by atoms with van der Waals surface area (Å²) >= 11 is 6.57. The lowest BCUT2D eigenvalue weighted by Crippen LogP contribution is -2.51. The molecule has 1 atom stereocenters. The highest BCUT2D eigenvalue weighted by molar-refractivity contribution is 7.91. The van der Waals surface area contributed by atoms with Crippen LogP contribution in [0.15, 0.2) is 16.3 Å². The molecule has 0 aromatic carbocycles. The fraction of sp³-hybridized carbons (Fsp3) is 0.500. The summed E-state index contributed by atoms with van der Waals surface area (Å²) in [6.07, 6.45) is 1.83. The molecule has 0 radical (unpaired) electrons. The monoisotopic (exact) mass is 366 g/mol. The molecule has 0 spiro atoms. The standard InChI is InChI=1S/C12H15ClN2O5S2/c13-9-4-5-11(21-9)22(19,20)14-7-10(16)15-6-2-1-3-8(15)12(17)18/h4-5,8,14H,1-3,6-7H2,(H,17,18). The Balaban J connectivity index is 2.01. The minimum atomic E-state index is -3.82. The van der Waals surface area contributed by atoms with Gasteiger partial charge in [-0.2, -0.15) is 0 Å². The fourth-order valence-corrected chi connectivity index (χ4v) is 4.76. The number of nitrogens with zero attached hydrogens (tertiary/aromatic N) is 1. The second kappa shape index (κ2) is 6.95. The summed E-state index contributed by atoms with van der Waals surface area (Å²) in [6, 6.07) is 1.91. The van der Waals surface area contributed by atoms with Crippen LogP contribution in [0.25, 0.3) is 0 Å². The van der Waals surface area contributed by atoms with Crippen LogP contribution in [0, 0.1) is 0 Å². The van der Waals surface area contributed by atoms with E-state index in [-0.39, 0.29) is 4.21 Å². The summed E-state index contributed by atoms with van der Waals surface area (Å²) in [6.45, 7) is -0.149. The van der Waals surface area contributed by atoms with E-state index < -0.39 is 34.5 Å². The van der Waals surface area contributed by atoms with Gasteiger partial charge in [0.15, 0.2) is 0 Å². The predicted octanol–water partition coefficient (Wildman–Crippen LogP) is 1.15. The third-order valence-electron chi connectivity index (χ3n) is 3.34. The summed E-state index contributed by atoms with van der Waals surface area (Å²) in [5, 5.41) is 9.12. The van der Waals surface area contributed by atoms with E-state index in [9.17, 15) is 18.0 Å². The van der Waals surface area contributed by atoms with E-state index in [4.69, 9.17) is 16.7 Å². The maximum Gasteiger partial charge on any atom is 0.326 e. The number of carbonyl (C=O) groups excluding carboxylic acids is 1. The molecule has 2 rings (SSSR count). The van der Waals surface area contributed by atoms with Crippen LogP contribution in [-0.2, 0) is 19.6 Å². The molecule has 1 unspecified atom stereocenters. The molecule has 122 valence electrons. The van der Waals surface area contributed by atoms with Crippen molar-refractivity contribution in [3.63, 3.8) is 0 Å². The van der Waals surface area contributed by atoms with Gasteiger partial charge in [-0.25, -0.2) is 17.9 Å². The number of aliphatic carboxylic acids is 1. The third-order valence-corrected chi connectivity index (χ3v) is 6.46. The van der Waals surface area contributed by atoms with Crippen molar-refractivity contribution in [1.82, 2.24) is 9.62 Å². The number of likely N-dealkylation sites (tertiary alicyclic amines) is 1. The number of halogens is 1. The molecular weight excluding hydrogens is 352 g/mol. The first-order valence-corrected chi connectivity index (χ1v) is 9.26. The van der Waals surface area contributed by atoms with Crippen molar-refractivity contribution < 1.29 is 23.1 Å². The Kier molecular flexibility index (Phi) is 5.43. The number of hydrogen-bond donors (Lipinski definition) is 2. The van der Waals surface area contributed by atoms with Crippen molar-refractivity contribution in [3.8, 4) is 0 Å². The molecule has 0 aliphatic carbocycles. The molecule has 22 heavy (non-hydrogen) atoms. The first kappa shape index (κ1) is 17.2. The molecule has 0 bridgehead atoms. The van der Waals surface area contributed by atoms with E-state index >= 15 is 0 Å². The van der Waals surface area contributed by atoms with Crippen LogP contribution >= 0.6 is 22.9 Å². The van der Waals surface area contributed by atoms with Crippen LogP contribution in [0.3, 0.4) is 0 Å². The third kappa shape index (κ3) is 3.97. The molecule has 0 saturated carbocycles. The van der Waals surface area contributed by atoms with Crippen molar-refractivity contribution >= 4 is 44.8 Å². The highest BCUT2D eigenvalue weighted by Gasteiger charge is 2.32. The van der Waals surface area contributed by atoms with E-state index in [1.165, 1.54) is 17.0 Å². The van der Waals surface area contributed by atoms with E-state index in [2.05, 4.69) is 4.72 Å². The van der Waals surface area contributed by atoms with Gasteiger partial charge in [0.1, 0.15) is 10.3 Å². The Morgan fingerprint density at radius 2 is 2.14 bits per heavy atom. The summed E-state index contributed by atoms with van der Waals surface area (Å²) in [7, 11) is -3.82. The molecule has 1 aromatic heterocycles. The highest BCUT2D eigenvalue weighted by Crippen LogP contribution is 2.25. The Hall–Kier alpha value is -1.16. The number of sulfonamides is 1. The number of carbonyl (C=O) groups is 2. The molecule has 1 amide bonds. The first-order valence-electron chi connectivity index (χ1n) is 6.58. The Morgan fingerprint density at radius 3 is 2.73 bits per heavy atom. The van der Waals surface area contributed by atoms with Crippen molar-refractivity contribution in [2.45, 2.75) is 29.5 Å². The van der Waals surface area contributed by atoms with Crippen molar-refractivity contribution in [2.24, 2.45) is 0 Å². The van der Waals surface area contributed by atoms with Gasteiger partial charge in [0.05, 0.1) is 10.9 Å². The zero-order chi connectivity index (χ0) is 16.3. The van der Waals surface area contributed by atoms with Crippen LogP contribution < -0.4 is 4.72 Å². The molecule has 10 heteroatoms. The van der Waals surface area contributed by atoms with E-state index in [1.54, 1.807) is 0 Å². The maximum absolute atomic E-state index is 12.1. The highest BCUT2D eigenvalue weighted by atomic mass is 35.5. The topological polar surface area (TPSA) is 104 Å². The molecule has 1 aliphatic heterocycles. The van der Waals surface area contributed by atoms with E-state index in [0.717, 1.165) is 17.8 Å². The Labute approximate surface area is 136 Å². The van der Waals surface area contributed by atoms with Gasteiger partial charge in [-0.1, -0.05) is 11.6 Å². The molecule has 7 nitrogen and oxygen atoms in total. The molecular formula is C12H15ClN2O5S2. The lowest BCUT2D eigenvalue weighted by atomic mass is 10.0. The normalized spacial score (nSPS) is 19.1. The van der Waals surface area contributed by atoms with Gasteiger partial charge >= 0.3 is 5.97 Å². The number of carboxylic acid groups (broad SMARTS) is 1. The summed E-state index contributed by atoms with van der Waals surface area (Å²) < 4.78 is 26.5.